The van der Waals surface area contributed by atoms with Crippen molar-refractivity contribution in [3.05, 3.63) is 10.1 Å². The minimum atomic E-state index is -0.313. The van der Waals surface area contributed by atoms with Gasteiger partial charge in [-0.3, -0.25) is 0 Å². The molecule has 0 aromatic rings. The molecule has 5 heavy (non-hydrogen) atoms. The van der Waals surface area contributed by atoms with Crippen molar-refractivity contribution in [1.29, 1.82) is 0 Å². The van der Waals surface area contributed by atoms with Crippen LogP contribution in [0, 0.1) is 10.1 Å². The molecule has 0 bridgehead atoms. The van der Waals surface area contributed by atoms with Crippen molar-refractivity contribution >= 4 is 27.9 Å². The van der Waals surface area contributed by atoms with Gasteiger partial charge in [-0.05, 0) is 0 Å². The van der Waals surface area contributed by atoms with Gasteiger partial charge in [0, 0.05) is 0 Å². The van der Waals surface area contributed by atoms with Crippen molar-refractivity contribution in [3.8, 4) is 0 Å². The number of rotatable bonds is 1. The molecule has 24 valence electrons. The molecule has 0 heterocycles. The second-order valence-corrected chi connectivity index (χ2v) is 1.28. The van der Waals surface area contributed by atoms with Gasteiger partial charge in [-0.2, -0.15) is 0 Å². The van der Waals surface area contributed by atoms with E-state index in [1.54, 1.807) is 0 Å². The zero-order valence-electron chi connectivity index (χ0n) is 2.97. The quantitative estimate of drug-likeness (QED) is 0.241. The molecule has 0 aliphatic carbocycles. The summed E-state index contributed by atoms with van der Waals surface area (Å²) in [6.45, 7) is 0. The zero-order chi connectivity index (χ0) is 4.28. The maximum absolute atomic E-state index is 9.21. The Labute approximate surface area is 46.9 Å². The van der Waals surface area contributed by atoms with Gasteiger partial charge in [-0.25, -0.2) is 0 Å². The molecular formula is CH2NNaO2. The fourth-order valence-corrected chi connectivity index (χ4v) is 0. The SMILES string of the molecule is O=[N+]([O-])[CH2][Na]. The van der Waals surface area contributed by atoms with Gasteiger partial charge in [-0.15, -0.1) is 0 Å². The van der Waals surface area contributed by atoms with Crippen LogP contribution >= 0.6 is 0 Å². The molecule has 0 unspecified atom stereocenters. The van der Waals surface area contributed by atoms with Crippen molar-refractivity contribution in [2.75, 3.05) is 3.79 Å². The third-order valence-corrected chi connectivity index (χ3v) is 0.775. The standard InChI is InChI=1S/CH2NO2.Na/c1-2(3)4;/h1H2;. The Bertz CT molecular complexity index is 44.9. The molecule has 0 aliphatic heterocycles. The van der Waals surface area contributed by atoms with Gasteiger partial charge in [-0.1, -0.05) is 0 Å². The topological polar surface area (TPSA) is 43.1 Å². The van der Waals surface area contributed by atoms with E-state index in [1.165, 1.54) is 0 Å². The first-order valence-electron chi connectivity index (χ1n) is 1.39. The number of hydrogen-bond acceptors (Lipinski definition) is 2. The maximum atomic E-state index is 9.21. The third kappa shape index (κ3) is 4.40. The Balaban J connectivity index is 2.85. The van der Waals surface area contributed by atoms with E-state index >= 15 is 0 Å². The van der Waals surface area contributed by atoms with Crippen LogP contribution in [-0.4, -0.2) is 36.6 Å². The van der Waals surface area contributed by atoms with Gasteiger partial charge in [0.1, 0.15) is 0 Å². The molecule has 3 nitrogen and oxygen atoms in total. The van der Waals surface area contributed by atoms with Crippen LogP contribution in [0.2, 0.25) is 0 Å². The fourth-order valence-electron chi connectivity index (χ4n) is 0. The van der Waals surface area contributed by atoms with Crippen LogP contribution in [0.1, 0.15) is 0 Å². The summed E-state index contributed by atoms with van der Waals surface area (Å²) in [7, 11) is 0. The molecule has 0 saturated carbocycles. The summed E-state index contributed by atoms with van der Waals surface area (Å²) >= 11 is 0.674. The number of nitro groups is 1. The molecule has 4 heteroatoms. The van der Waals surface area contributed by atoms with E-state index in [1.807, 2.05) is 0 Å². The summed E-state index contributed by atoms with van der Waals surface area (Å²) in [6.07, 6.45) is 0. The molecule has 0 spiro atoms. The van der Waals surface area contributed by atoms with E-state index in [4.69, 9.17) is 0 Å². The molecule has 0 saturated heterocycles. The molecule has 0 aromatic heterocycles. The Morgan fingerprint density at radius 3 is 2.20 bits per heavy atom. The van der Waals surface area contributed by atoms with Crippen LogP contribution in [0.4, 0.5) is 0 Å². The van der Waals surface area contributed by atoms with Gasteiger partial charge in [0.05, 0.1) is 0 Å². The van der Waals surface area contributed by atoms with E-state index in [0.717, 1.165) is 0 Å². The van der Waals surface area contributed by atoms with Crippen LogP contribution in [0.5, 0.6) is 0 Å². The van der Waals surface area contributed by atoms with E-state index in [2.05, 4.69) is 0 Å². The van der Waals surface area contributed by atoms with Crippen LogP contribution in [0.3, 0.4) is 0 Å². The predicted molar refractivity (Wildman–Crippen MR) is 17.6 cm³/mol. The molecule has 0 amide bonds. The molecule has 0 aliphatic rings. The molecule has 0 rings (SSSR count). The first kappa shape index (κ1) is 5.40. The summed E-state index contributed by atoms with van der Waals surface area (Å²) in [4.78, 5) is 8.90. The molecule has 0 aromatic carbocycles. The average molecular weight is 83.0 g/mol. The number of nitrogens with zero attached hydrogens (tertiary/aromatic N) is 1. The molecule has 0 N–H and O–H groups in total. The average Bonchev–Trinajstić information content (AvgIpc) is 1.38. The normalized spacial score (nSPS) is 7.60. The second kappa shape index (κ2) is 2.63. The molecular weight excluding hydrogens is 81.0 g/mol. The molecule has 0 radical (unpaired) electrons. The van der Waals surface area contributed by atoms with E-state index < -0.39 is 0 Å². The first-order chi connectivity index (χ1) is 2.27. The van der Waals surface area contributed by atoms with Crippen LogP contribution in [-0.2, 0) is 0 Å². The van der Waals surface area contributed by atoms with Crippen LogP contribution in [0.15, 0.2) is 0 Å². The van der Waals surface area contributed by atoms with Crippen molar-refractivity contribution < 1.29 is 4.92 Å². The zero-order valence-corrected chi connectivity index (χ0v) is 4.97. The molecule has 0 atom stereocenters. The summed E-state index contributed by atoms with van der Waals surface area (Å²) in [6, 6.07) is 0. The summed E-state index contributed by atoms with van der Waals surface area (Å²) in [5, 5.41) is 9.21. The summed E-state index contributed by atoms with van der Waals surface area (Å²) in [5.74, 6) is 0. The van der Waals surface area contributed by atoms with Gasteiger partial charge in [0.2, 0.25) is 0 Å². The van der Waals surface area contributed by atoms with Crippen LogP contribution < -0.4 is 0 Å². The molecule has 0 fully saturated rings. The van der Waals surface area contributed by atoms with Crippen molar-refractivity contribution in [1.82, 2.24) is 0 Å². The van der Waals surface area contributed by atoms with Crippen LogP contribution in [0.25, 0.3) is 0 Å². The minimum absolute atomic E-state index is 0.167. The van der Waals surface area contributed by atoms with E-state index in [-0.39, 0.29) is 8.72 Å². The first-order valence-corrected chi connectivity index (χ1v) is 2.80. The van der Waals surface area contributed by atoms with Crippen molar-refractivity contribution in [2.24, 2.45) is 0 Å². The summed E-state index contributed by atoms with van der Waals surface area (Å²) in [5.41, 5.74) is 0. The van der Waals surface area contributed by atoms with Gasteiger partial charge >= 0.3 is 46.8 Å². The van der Waals surface area contributed by atoms with E-state index in [9.17, 15) is 10.1 Å². The Kier molecular flexibility index (Phi) is 2.84. The second-order valence-electron chi connectivity index (χ2n) is 0.649. The Morgan fingerprint density at radius 1 is 2.00 bits per heavy atom. The van der Waals surface area contributed by atoms with Gasteiger partial charge in [0.15, 0.2) is 0 Å². The van der Waals surface area contributed by atoms with E-state index in [0.29, 0.717) is 27.9 Å². The summed E-state index contributed by atoms with van der Waals surface area (Å²) < 4.78 is 0.167. The Morgan fingerprint density at radius 2 is 2.20 bits per heavy atom. The van der Waals surface area contributed by atoms with Crippen molar-refractivity contribution in [2.45, 2.75) is 0 Å². The number of hydrogen-bond donors (Lipinski definition) is 0. The monoisotopic (exact) mass is 83.0 g/mol. The predicted octanol–water partition coefficient (Wildman–Crippen LogP) is -0.611. The van der Waals surface area contributed by atoms with Crippen molar-refractivity contribution in [3.63, 3.8) is 0 Å². The van der Waals surface area contributed by atoms with Gasteiger partial charge < -0.3 is 0 Å². The van der Waals surface area contributed by atoms with Gasteiger partial charge in [0.25, 0.3) is 0 Å². The fraction of sp³-hybridized carbons (Fsp3) is 1.00. The Hall–Kier alpha value is 0.400. The third-order valence-electron chi connectivity index (χ3n) is 0.258.